The van der Waals surface area contributed by atoms with E-state index in [0.29, 0.717) is 16.5 Å². The number of hydrogen-bond donors (Lipinski definition) is 3. The number of anilines is 2. The largest absolute Gasteiger partial charge is 0.508 e. The van der Waals surface area contributed by atoms with E-state index in [4.69, 9.17) is 17.0 Å². The van der Waals surface area contributed by atoms with Gasteiger partial charge in [0, 0.05) is 34.6 Å². The number of aromatic hydroxyl groups is 1. The fourth-order valence-corrected chi connectivity index (χ4v) is 5.95. The Labute approximate surface area is 255 Å². The lowest BCUT2D eigenvalue weighted by atomic mass is 9.96. The number of thiocarbonyl (C=S) groups is 1. The number of aromatic nitrogens is 2. The molecule has 9 heteroatoms. The van der Waals surface area contributed by atoms with Crippen molar-refractivity contribution in [1.82, 2.24) is 14.9 Å². The first-order valence-electron chi connectivity index (χ1n) is 14.0. The van der Waals surface area contributed by atoms with Gasteiger partial charge in [0.05, 0.1) is 17.8 Å². The van der Waals surface area contributed by atoms with Gasteiger partial charge < -0.3 is 29.9 Å². The lowest BCUT2D eigenvalue weighted by molar-refractivity contribution is -0.118. The Balaban J connectivity index is 1.30. The minimum atomic E-state index is -0.246. The summed E-state index contributed by atoms with van der Waals surface area (Å²) in [6, 6.07) is 31.7. The van der Waals surface area contributed by atoms with Crippen LogP contribution in [-0.4, -0.2) is 32.3 Å². The van der Waals surface area contributed by atoms with E-state index >= 15 is 0 Å². The van der Waals surface area contributed by atoms with Crippen molar-refractivity contribution in [3.05, 3.63) is 132 Å². The standard InChI is InChI=1S/C34H31N5O3S/c1-22-20-29(23(2)38(22)25-15-17-27(40)18-16-25)33-32(30-10-6-7-19-35-30)37-34(43)39(33)26-13-11-24(12-14-26)36-31(41)21-42-28-8-4-3-5-9-28/h3-20,32-33,40H,21H2,1-2H3,(H,36,41)(H,37,43)/t32-,33+/m1/s1. The molecule has 0 aliphatic carbocycles. The third kappa shape index (κ3) is 5.80. The van der Waals surface area contributed by atoms with Crippen LogP contribution in [0.1, 0.15) is 34.7 Å². The number of pyridine rings is 1. The molecule has 1 aliphatic heterocycles. The second-order valence-electron chi connectivity index (χ2n) is 10.4. The molecule has 43 heavy (non-hydrogen) atoms. The van der Waals surface area contributed by atoms with Gasteiger partial charge in [-0.15, -0.1) is 0 Å². The van der Waals surface area contributed by atoms with E-state index in [1.54, 1.807) is 18.3 Å². The predicted molar refractivity (Wildman–Crippen MR) is 172 cm³/mol. The van der Waals surface area contributed by atoms with Gasteiger partial charge in [-0.1, -0.05) is 24.3 Å². The Bertz CT molecular complexity index is 1740. The van der Waals surface area contributed by atoms with Crippen molar-refractivity contribution in [3.8, 4) is 17.2 Å². The maximum Gasteiger partial charge on any atom is 0.262 e. The first-order valence-corrected chi connectivity index (χ1v) is 14.4. The molecule has 1 fully saturated rings. The number of nitrogens with one attached hydrogen (secondary N) is 2. The summed E-state index contributed by atoms with van der Waals surface area (Å²) in [4.78, 5) is 19.3. The number of phenolic OH excluding ortho intramolecular Hbond substituents is 1. The SMILES string of the molecule is Cc1cc([C@H]2[C@@H](c3ccccn3)NC(=S)N2c2ccc(NC(=O)COc3ccccc3)cc2)c(C)n1-c1ccc(O)cc1. The molecule has 0 radical (unpaired) electrons. The molecule has 0 unspecified atom stereocenters. The van der Waals surface area contributed by atoms with Crippen LogP contribution in [0.2, 0.25) is 0 Å². The summed E-state index contributed by atoms with van der Waals surface area (Å²) in [7, 11) is 0. The molecule has 8 nitrogen and oxygen atoms in total. The lowest BCUT2D eigenvalue weighted by Crippen LogP contribution is -2.29. The Morgan fingerprint density at radius 1 is 0.953 bits per heavy atom. The van der Waals surface area contributed by atoms with Crippen molar-refractivity contribution in [1.29, 1.82) is 0 Å². The van der Waals surface area contributed by atoms with Gasteiger partial charge in [-0.3, -0.25) is 9.78 Å². The Morgan fingerprint density at radius 2 is 1.65 bits per heavy atom. The number of para-hydroxylation sites is 1. The molecule has 3 N–H and O–H groups in total. The predicted octanol–water partition coefficient (Wildman–Crippen LogP) is 6.39. The molecule has 6 rings (SSSR count). The number of hydrogen-bond acceptors (Lipinski definition) is 5. The van der Waals surface area contributed by atoms with Crippen LogP contribution < -0.4 is 20.3 Å². The van der Waals surface area contributed by atoms with Gasteiger partial charge in [-0.2, -0.15) is 0 Å². The molecule has 216 valence electrons. The number of benzene rings is 3. The van der Waals surface area contributed by atoms with E-state index in [-0.39, 0.29) is 30.3 Å². The number of carbonyl (C=O) groups excluding carboxylic acids is 1. The minimum absolute atomic E-state index is 0.0869. The van der Waals surface area contributed by atoms with Crippen LogP contribution >= 0.6 is 12.2 Å². The van der Waals surface area contributed by atoms with Crippen molar-refractivity contribution in [2.45, 2.75) is 25.9 Å². The second-order valence-corrected chi connectivity index (χ2v) is 10.8. The molecule has 3 heterocycles. The smallest absolute Gasteiger partial charge is 0.262 e. The highest BCUT2D eigenvalue weighted by Gasteiger charge is 2.42. The Hall–Kier alpha value is -5.15. The summed E-state index contributed by atoms with van der Waals surface area (Å²) < 4.78 is 7.75. The molecule has 1 amide bonds. The lowest BCUT2D eigenvalue weighted by Gasteiger charge is -2.28. The van der Waals surface area contributed by atoms with Crippen molar-refractivity contribution in [3.63, 3.8) is 0 Å². The fourth-order valence-electron chi connectivity index (χ4n) is 5.60. The van der Waals surface area contributed by atoms with Crippen LogP contribution in [0.3, 0.4) is 0 Å². The molecule has 0 saturated carbocycles. The zero-order valence-corrected chi connectivity index (χ0v) is 24.6. The highest BCUT2D eigenvalue weighted by atomic mass is 32.1. The van der Waals surface area contributed by atoms with Gasteiger partial charge in [-0.05, 0) is 110 Å². The molecule has 2 atom stereocenters. The maximum atomic E-state index is 12.5. The average molecular weight is 590 g/mol. The van der Waals surface area contributed by atoms with Crippen molar-refractivity contribution >= 4 is 34.6 Å². The molecule has 1 aliphatic rings. The van der Waals surface area contributed by atoms with Crippen LogP contribution in [0, 0.1) is 13.8 Å². The summed E-state index contributed by atoms with van der Waals surface area (Å²) in [5, 5.41) is 16.8. The molecule has 0 bridgehead atoms. The summed E-state index contributed by atoms with van der Waals surface area (Å²) >= 11 is 5.92. The minimum Gasteiger partial charge on any atom is -0.508 e. The van der Waals surface area contributed by atoms with E-state index in [2.05, 4.69) is 45.0 Å². The number of rotatable bonds is 8. The maximum absolute atomic E-state index is 12.5. The normalized spacial score (nSPS) is 16.1. The monoisotopic (exact) mass is 589 g/mol. The van der Waals surface area contributed by atoms with Crippen LogP contribution in [0.4, 0.5) is 11.4 Å². The zero-order chi connectivity index (χ0) is 29.9. The van der Waals surface area contributed by atoms with E-state index in [9.17, 15) is 9.90 Å². The van der Waals surface area contributed by atoms with Crippen LogP contribution in [0.25, 0.3) is 5.69 Å². The van der Waals surface area contributed by atoms with E-state index in [1.807, 2.05) is 84.9 Å². The molecule has 1 saturated heterocycles. The first kappa shape index (κ1) is 28.0. The first-order chi connectivity index (χ1) is 20.9. The number of ether oxygens (including phenoxy) is 1. The van der Waals surface area contributed by atoms with Gasteiger partial charge in [0.1, 0.15) is 11.5 Å². The summed E-state index contributed by atoms with van der Waals surface area (Å²) in [6.45, 7) is 4.08. The Kier molecular flexibility index (Phi) is 7.81. The summed E-state index contributed by atoms with van der Waals surface area (Å²) in [5.74, 6) is 0.618. The number of aryl methyl sites for hydroxylation is 1. The molecule has 0 spiro atoms. The Morgan fingerprint density at radius 3 is 2.35 bits per heavy atom. The third-order valence-corrected chi connectivity index (χ3v) is 7.85. The number of nitrogens with zero attached hydrogens (tertiary/aromatic N) is 3. The molecule has 3 aromatic carbocycles. The summed E-state index contributed by atoms with van der Waals surface area (Å²) in [5.41, 5.74) is 6.61. The quantitative estimate of drug-likeness (QED) is 0.181. The van der Waals surface area contributed by atoms with Crippen molar-refractivity contribution < 1.29 is 14.6 Å². The summed E-state index contributed by atoms with van der Waals surface area (Å²) in [6.07, 6.45) is 1.79. The number of carbonyl (C=O) groups is 1. The zero-order valence-electron chi connectivity index (χ0n) is 23.8. The molecule has 5 aromatic rings. The van der Waals surface area contributed by atoms with Crippen molar-refractivity contribution in [2.75, 3.05) is 16.8 Å². The number of amides is 1. The van der Waals surface area contributed by atoms with E-state index in [1.165, 1.54) is 0 Å². The van der Waals surface area contributed by atoms with Crippen LogP contribution in [-0.2, 0) is 4.79 Å². The highest BCUT2D eigenvalue weighted by Crippen LogP contribution is 2.44. The van der Waals surface area contributed by atoms with Gasteiger partial charge >= 0.3 is 0 Å². The third-order valence-electron chi connectivity index (χ3n) is 7.54. The molecule has 2 aromatic heterocycles. The highest BCUT2D eigenvalue weighted by molar-refractivity contribution is 7.80. The van der Waals surface area contributed by atoms with Gasteiger partial charge in [0.25, 0.3) is 5.91 Å². The van der Waals surface area contributed by atoms with Gasteiger partial charge in [0.15, 0.2) is 11.7 Å². The van der Waals surface area contributed by atoms with Crippen molar-refractivity contribution in [2.24, 2.45) is 0 Å². The number of phenols is 1. The van der Waals surface area contributed by atoms with Gasteiger partial charge in [0.2, 0.25) is 0 Å². The molecular formula is C34H31N5O3S. The van der Waals surface area contributed by atoms with Crippen LogP contribution in [0.15, 0.2) is 109 Å². The van der Waals surface area contributed by atoms with Crippen LogP contribution in [0.5, 0.6) is 11.5 Å². The van der Waals surface area contributed by atoms with E-state index in [0.717, 1.165) is 34.0 Å². The average Bonchev–Trinajstić information content (AvgIpc) is 3.52. The van der Waals surface area contributed by atoms with E-state index < -0.39 is 0 Å². The topological polar surface area (TPSA) is 91.7 Å². The fraction of sp³-hybridized carbons (Fsp3) is 0.147. The second kappa shape index (κ2) is 12.0. The van der Waals surface area contributed by atoms with Gasteiger partial charge in [-0.25, -0.2) is 0 Å². The molecular weight excluding hydrogens is 558 g/mol.